The molecule has 0 saturated carbocycles. The first kappa shape index (κ1) is 14.5. The lowest BCUT2D eigenvalue weighted by atomic mass is 9.92. The number of nitrogens with one attached hydrogen (secondary N) is 1. The van der Waals surface area contributed by atoms with E-state index in [4.69, 9.17) is 11.6 Å². The Balaban J connectivity index is 2.72. The van der Waals surface area contributed by atoms with Gasteiger partial charge in [0.1, 0.15) is 5.82 Å². The van der Waals surface area contributed by atoms with E-state index >= 15 is 0 Å². The molecule has 1 aromatic rings. The largest absolute Gasteiger partial charge is 0.314 e. The van der Waals surface area contributed by atoms with Crippen molar-refractivity contribution in [3.05, 3.63) is 34.6 Å². The summed E-state index contributed by atoms with van der Waals surface area (Å²) in [6.45, 7) is 7.34. The molecule has 0 aliphatic heterocycles. The molecule has 2 unspecified atom stereocenters. The van der Waals surface area contributed by atoms with Gasteiger partial charge in [-0.15, -0.1) is 0 Å². The van der Waals surface area contributed by atoms with E-state index < -0.39 is 0 Å². The molecule has 17 heavy (non-hydrogen) atoms. The molecule has 2 atom stereocenters. The van der Waals surface area contributed by atoms with Gasteiger partial charge in [-0.25, -0.2) is 4.39 Å². The minimum atomic E-state index is -0.271. The van der Waals surface area contributed by atoms with E-state index in [2.05, 4.69) is 26.1 Å². The van der Waals surface area contributed by atoms with Gasteiger partial charge in [0.05, 0.1) is 5.02 Å². The van der Waals surface area contributed by atoms with Crippen LogP contribution in [0.3, 0.4) is 0 Å². The topological polar surface area (TPSA) is 12.0 Å². The van der Waals surface area contributed by atoms with Crippen molar-refractivity contribution in [1.29, 1.82) is 0 Å². The van der Waals surface area contributed by atoms with Crippen molar-refractivity contribution in [2.45, 2.75) is 39.7 Å². The monoisotopic (exact) mass is 257 g/mol. The molecule has 0 radical (unpaired) electrons. The Kier molecular flexibility index (Phi) is 5.93. The SMILES string of the molecule is CCNC(CC)C(C)Cc1cccc(Cl)c1F. The highest BCUT2D eigenvalue weighted by atomic mass is 35.5. The van der Waals surface area contributed by atoms with Gasteiger partial charge in [0.25, 0.3) is 0 Å². The standard InChI is InChI=1S/C14H21ClFN/c1-4-13(17-5-2)10(3)9-11-7-6-8-12(15)14(11)16/h6-8,10,13,17H,4-5,9H2,1-3H3. The van der Waals surface area contributed by atoms with E-state index in [1.165, 1.54) is 0 Å². The van der Waals surface area contributed by atoms with E-state index in [1.54, 1.807) is 6.07 Å². The number of halogens is 2. The minimum Gasteiger partial charge on any atom is -0.314 e. The van der Waals surface area contributed by atoms with Crippen LogP contribution in [0.1, 0.15) is 32.8 Å². The van der Waals surface area contributed by atoms with Crippen LogP contribution in [0.2, 0.25) is 5.02 Å². The summed E-state index contributed by atoms with van der Waals surface area (Å²) in [5.41, 5.74) is 0.710. The smallest absolute Gasteiger partial charge is 0.144 e. The van der Waals surface area contributed by atoms with Gasteiger partial charge in [0.15, 0.2) is 0 Å². The van der Waals surface area contributed by atoms with Gasteiger partial charge in [-0.05, 0) is 36.9 Å². The molecule has 0 saturated heterocycles. The molecule has 0 bridgehead atoms. The molecule has 3 heteroatoms. The second kappa shape index (κ2) is 6.97. The van der Waals surface area contributed by atoms with Crippen molar-refractivity contribution in [2.24, 2.45) is 5.92 Å². The van der Waals surface area contributed by atoms with Gasteiger partial charge in [-0.2, -0.15) is 0 Å². The zero-order chi connectivity index (χ0) is 12.8. The first-order chi connectivity index (χ1) is 8.10. The lowest BCUT2D eigenvalue weighted by Crippen LogP contribution is -2.35. The van der Waals surface area contributed by atoms with E-state index in [9.17, 15) is 4.39 Å². The molecule has 1 rings (SSSR count). The van der Waals surface area contributed by atoms with Crippen LogP contribution < -0.4 is 5.32 Å². The molecule has 1 aromatic carbocycles. The van der Waals surface area contributed by atoms with Crippen LogP contribution in [0.15, 0.2) is 18.2 Å². The second-order valence-electron chi connectivity index (χ2n) is 4.47. The lowest BCUT2D eigenvalue weighted by molar-refractivity contribution is 0.367. The molecule has 96 valence electrons. The first-order valence-electron chi connectivity index (χ1n) is 6.26. The van der Waals surface area contributed by atoms with Crippen LogP contribution in [-0.4, -0.2) is 12.6 Å². The molecule has 0 aromatic heterocycles. The summed E-state index contributed by atoms with van der Waals surface area (Å²) in [6.07, 6.45) is 1.77. The molecule has 0 spiro atoms. The van der Waals surface area contributed by atoms with Crippen molar-refractivity contribution in [3.8, 4) is 0 Å². The van der Waals surface area contributed by atoms with Crippen molar-refractivity contribution in [3.63, 3.8) is 0 Å². The van der Waals surface area contributed by atoms with E-state index in [-0.39, 0.29) is 10.8 Å². The molecule has 0 aliphatic rings. The lowest BCUT2D eigenvalue weighted by Gasteiger charge is -2.23. The predicted octanol–water partition coefficient (Wildman–Crippen LogP) is 4.05. The Morgan fingerprint density at radius 2 is 2.06 bits per heavy atom. The average molecular weight is 258 g/mol. The van der Waals surface area contributed by atoms with Crippen molar-refractivity contribution < 1.29 is 4.39 Å². The van der Waals surface area contributed by atoms with Crippen LogP contribution >= 0.6 is 11.6 Å². The van der Waals surface area contributed by atoms with Crippen LogP contribution in [0, 0.1) is 11.7 Å². The molecule has 0 heterocycles. The number of hydrogen-bond donors (Lipinski definition) is 1. The number of benzene rings is 1. The fourth-order valence-electron chi connectivity index (χ4n) is 2.21. The second-order valence-corrected chi connectivity index (χ2v) is 4.87. The highest BCUT2D eigenvalue weighted by Gasteiger charge is 2.17. The van der Waals surface area contributed by atoms with Crippen molar-refractivity contribution >= 4 is 11.6 Å². The Hall–Kier alpha value is -0.600. The van der Waals surface area contributed by atoms with Crippen LogP contribution in [0.25, 0.3) is 0 Å². The predicted molar refractivity (Wildman–Crippen MR) is 72.0 cm³/mol. The number of hydrogen-bond acceptors (Lipinski definition) is 1. The molecular weight excluding hydrogens is 237 g/mol. The van der Waals surface area contributed by atoms with Crippen molar-refractivity contribution in [2.75, 3.05) is 6.54 Å². The van der Waals surface area contributed by atoms with E-state index in [1.807, 2.05) is 12.1 Å². The summed E-state index contributed by atoms with van der Waals surface area (Å²) >= 11 is 5.78. The zero-order valence-electron chi connectivity index (χ0n) is 10.8. The van der Waals surface area contributed by atoms with Crippen LogP contribution in [0.5, 0.6) is 0 Å². The van der Waals surface area contributed by atoms with Gasteiger partial charge in [0.2, 0.25) is 0 Å². The third-order valence-electron chi connectivity index (χ3n) is 3.17. The Morgan fingerprint density at radius 3 is 2.65 bits per heavy atom. The van der Waals surface area contributed by atoms with Gasteiger partial charge in [-0.3, -0.25) is 0 Å². The Labute approximate surface area is 108 Å². The summed E-state index contributed by atoms with van der Waals surface area (Å²) in [6, 6.07) is 5.64. The quantitative estimate of drug-likeness (QED) is 0.811. The third-order valence-corrected chi connectivity index (χ3v) is 3.46. The Bertz CT molecular complexity index is 354. The molecule has 0 amide bonds. The maximum atomic E-state index is 13.8. The summed E-state index contributed by atoms with van der Waals surface area (Å²) in [4.78, 5) is 0. The highest BCUT2D eigenvalue weighted by Crippen LogP contribution is 2.22. The molecule has 0 fully saturated rings. The van der Waals surface area contributed by atoms with Gasteiger partial charge in [-0.1, -0.05) is 44.5 Å². The third kappa shape index (κ3) is 3.97. The molecule has 0 aliphatic carbocycles. The normalized spacial score (nSPS) is 14.6. The summed E-state index contributed by atoms with van der Waals surface area (Å²) in [7, 11) is 0. The minimum absolute atomic E-state index is 0.214. The zero-order valence-corrected chi connectivity index (χ0v) is 11.5. The highest BCUT2D eigenvalue weighted by molar-refractivity contribution is 6.30. The molecule has 1 N–H and O–H groups in total. The maximum Gasteiger partial charge on any atom is 0.144 e. The first-order valence-corrected chi connectivity index (χ1v) is 6.64. The van der Waals surface area contributed by atoms with Crippen LogP contribution in [0.4, 0.5) is 4.39 Å². The van der Waals surface area contributed by atoms with Gasteiger partial charge < -0.3 is 5.32 Å². The maximum absolute atomic E-state index is 13.8. The number of rotatable bonds is 6. The fourth-order valence-corrected chi connectivity index (χ4v) is 2.40. The van der Waals surface area contributed by atoms with E-state index in [0.29, 0.717) is 17.5 Å². The molecule has 1 nitrogen and oxygen atoms in total. The van der Waals surface area contributed by atoms with Gasteiger partial charge in [0, 0.05) is 6.04 Å². The Morgan fingerprint density at radius 1 is 1.35 bits per heavy atom. The molecular formula is C14H21ClFN. The fraction of sp³-hybridized carbons (Fsp3) is 0.571. The van der Waals surface area contributed by atoms with Crippen LogP contribution in [-0.2, 0) is 6.42 Å². The summed E-state index contributed by atoms with van der Waals surface area (Å²) in [5.74, 6) is 0.125. The summed E-state index contributed by atoms with van der Waals surface area (Å²) < 4.78 is 13.8. The van der Waals surface area contributed by atoms with E-state index in [0.717, 1.165) is 19.4 Å². The average Bonchev–Trinajstić information content (AvgIpc) is 2.31. The van der Waals surface area contributed by atoms with Gasteiger partial charge >= 0.3 is 0 Å². The summed E-state index contributed by atoms with van der Waals surface area (Å²) in [5, 5.41) is 3.65. The van der Waals surface area contributed by atoms with Crippen molar-refractivity contribution in [1.82, 2.24) is 5.32 Å².